The summed E-state index contributed by atoms with van der Waals surface area (Å²) in [7, 11) is 1.51. The summed E-state index contributed by atoms with van der Waals surface area (Å²) in [5.41, 5.74) is 2.03. The van der Waals surface area contributed by atoms with Crippen molar-refractivity contribution in [1.29, 1.82) is 0 Å². The standard InChI is InChI=1S/C22H20FN5O4/c1-31-12-16(29)13-32-17-4-2-3-14(9-17)18-6-8-21-25-11-19(28(21)27-18)22(30)26-20-7-5-15(23)10-24-20/h2-11,16,29H,12-13H2,1H3,(H,24,26,30)/t16-/m1/s1. The molecule has 0 fully saturated rings. The van der Waals surface area contributed by atoms with Gasteiger partial charge in [0.1, 0.15) is 30.1 Å². The average Bonchev–Trinajstić information content (AvgIpc) is 3.23. The molecule has 1 aromatic carbocycles. The second kappa shape index (κ2) is 9.50. The maximum Gasteiger partial charge on any atom is 0.277 e. The maximum atomic E-state index is 13.0. The Labute approximate surface area is 182 Å². The zero-order valence-electron chi connectivity index (χ0n) is 17.1. The Morgan fingerprint density at radius 3 is 2.81 bits per heavy atom. The van der Waals surface area contributed by atoms with Gasteiger partial charge in [0.2, 0.25) is 0 Å². The number of methoxy groups -OCH3 is 1. The number of nitrogens with one attached hydrogen (secondary N) is 1. The minimum atomic E-state index is -0.735. The SMILES string of the molecule is COC[C@@H](O)COc1cccc(-c2ccc3ncc(C(=O)Nc4ccc(F)cn4)n3n2)c1. The number of amides is 1. The van der Waals surface area contributed by atoms with Crippen LogP contribution in [0.2, 0.25) is 0 Å². The van der Waals surface area contributed by atoms with E-state index >= 15 is 0 Å². The smallest absolute Gasteiger partial charge is 0.277 e. The van der Waals surface area contributed by atoms with Gasteiger partial charge in [0.05, 0.1) is 24.7 Å². The lowest BCUT2D eigenvalue weighted by molar-refractivity contribution is 0.0325. The van der Waals surface area contributed by atoms with Gasteiger partial charge in [0, 0.05) is 12.7 Å². The van der Waals surface area contributed by atoms with Crippen molar-refractivity contribution in [3.63, 3.8) is 0 Å². The number of aliphatic hydroxyl groups is 1. The molecule has 10 heteroatoms. The first-order chi connectivity index (χ1) is 15.5. The predicted molar refractivity (Wildman–Crippen MR) is 114 cm³/mol. The number of fused-ring (bicyclic) bond motifs is 1. The van der Waals surface area contributed by atoms with Gasteiger partial charge in [-0.15, -0.1) is 0 Å². The second-order valence-corrected chi connectivity index (χ2v) is 6.90. The van der Waals surface area contributed by atoms with Crippen molar-refractivity contribution in [2.45, 2.75) is 6.10 Å². The molecule has 1 amide bonds. The van der Waals surface area contributed by atoms with Gasteiger partial charge in [-0.1, -0.05) is 12.1 Å². The first-order valence-electron chi connectivity index (χ1n) is 9.71. The summed E-state index contributed by atoms with van der Waals surface area (Å²) in [6.45, 7) is 0.268. The highest BCUT2D eigenvalue weighted by Gasteiger charge is 2.15. The molecule has 0 unspecified atom stereocenters. The van der Waals surface area contributed by atoms with Crippen LogP contribution in [0.25, 0.3) is 16.9 Å². The Morgan fingerprint density at radius 1 is 1.16 bits per heavy atom. The number of hydrogen-bond donors (Lipinski definition) is 2. The summed E-state index contributed by atoms with van der Waals surface area (Å²) in [6.07, 6.45) is 1.69. The fourth-order valence-electron chi connectivity index (χ4n) is 2.99. The van der Waals surface area contributed by atoms with Crippen molar-refractivity contribution in [2.75, 3.05) is 25.6 Å². The normalized spacial score (nSPS) is 12.0. The van der Waals surface area contributed by atoms with E-state index in [0.29, 0.717) is 17.1 Å². The summed E-state index contributed by atoms with van der Waals surface area (Å²) < 4.78 is 25.0. The van der Waals surface area contributed by atoms with Gasteiger partial charge in [0.25, 0.3) is 5.91 Å². The second-order valence-electron chi connectivity index (χ2n) is 6.90. The minimum absolute atomic E-state index is 0.0903. The summed E-state index contributed by atoms with van der Waals surface area (Å²) in [5.74, 6) is -0.206. The van der Waals surface area contributed by atoms with Crippen molar-refractivity contribution in [3.05, 3.63) is 72.4 Å². The van der Waals surface area contributed by atoms with Gasteiger partial charge < -0.3 is 19.9 Å². The van der Waals surface area contributed by atoms with Crippen LogP contribution in [-0.2, 0) is 4.74 Å². The number of aliphatic hydroxyl groups excluding tert-OH is 1. The molecule has 0 aliphatic rings. The highest BCUT2D eigenvalue weighted by Crippen LogP contribution is 2.23. The highest BCUT2D eigenvalue weighted by molar-refractivity contribution is 6.02. The van der Waals surface area contributed by atoms with E-state index in [1.165, 1.54) is 30.0 Å². The van der Waals surface area contributed by atoms with E-state index in [1.807, 2.05) is 6.07 Å². The number of imidazole rings is 1. The van der Waals surface area contributed by atoms with E-state index in [1.54, 1.807) is 30.3 Å². The molecule has 4 aromatic rings. The molecular formula is C22H20FN5O4. The molecule has 0 spiro atoms. The fourth-order valence-corrected chi connectivity index (χ4v) is 2.99. The largest absolute Gasteiger partial charge is 0.491 e. The van der Waals surface area contributed by atoms with Crippen LogP contribution in [0, 0.1) is 5.82 Å². The third-order valence-electron chi connectivity index (χ3n) is 4.50. The molecule has 0 radical (unpaired) electrons. The van der Waals surface area contributed by atoms with Gasteiger partial charge >= 0.3 is 0 Å². The molecular weight excluding hydrogens is 417 g/mol. The maximum absolute atomic E-state index is 13.0. The Morgan fingerprint density at radius 2 is 2.03 bits per heavy atom. The minimum Gasteiger partial charge on any atom is -0.491 e. The van der Waals surface area contributed by atoms with E-state index in [0.717, 1.165) is 11.8 Å². The van der Waals surface area contributed by atoms with Crippen molar-refractivity contribution in [2.24, 2.45) is 0 Å². The third-order valence-corrected chi connectivity index (χ3v) is 4.50. The number of carbonyl (C=O) groups is 1. The van der Waals surface area contributed by atoms with Gasteiger partial charge in [-0.25, -0.2) is 18.9 Å². The summed E-state index contributed by atoms with van der Waals surface area (Å²) >= 11 is 0. The summed E-state index contributed by atoms with van der Waals surface area (Å²) in [5, 5.41) is 16.9. The molecule has 9 nitrogen and oxygen atoms in total. The van der Waals surface area contributed by atoms with Gasteiger partial charge in [0.15, 0.2) is 11.3 Å². The van der Waals surface area contributed by atoms with Crippen LogP contribution in [0.1, 0.15) is 10.5 Å². The van der Waals surface area contributed by atoms with E-state index in [2.05, 4.69) is 20.4 Å². The number of benzene rings is 1. The lowest BCUT2D eigenvalue weighted by Crippen LogP contribution is -2.22. The summed E-state index contributed by atoms with van der Waals surface area (Å²) in [6, 6.07) is 13.3. The number of hydrogen-bond acceptors (Lipinski definition) is 7. The Hall–Kier alpha value is -3.89. The van der Waals surface area contributed by atoms with E-state index in [-0.39, 0.29) is 24.7 Å². The number of halogens is 1. The first kappa shape index (κ1) is 21.3. The lowest BCUT2D eigenvalue weighted by atomic mass is 10.1. The van der Waals surface area contributed by atoms with E-state index in [4.69, 9.17) is 9.47 Å². The molecule has 1 atom stereocenters. The Kier molecular flexibility index (Phi) is 6.34. The zero-order valence-corrected chi connectivity index (χ0v) is 17.1. The van der Waals surface area contributed by atoms with E-state index < -0.39 is 17.8 Å². The molecule has 3 aromatic heterocycles. The van der Waals surface area contributed by atoms with Crippen LogP contribution in [0.5, 0.6) is 5.75 Å². The first-order valence-corrected chi connectivity index (χ1v) is 9.71. The molecule has 164 valence electrons. The van der Waals surface area contributed by atoms with Crippen LogP contribution >= 0.6 is 0 Å². The molecule has 32 heavy (non-hydrogen) atoms. The molecule has 0 saturated heterocycles. The van der Waals surface area contributed by atoms with Gasteiger partial charge in [-0.2, -0.15) is 5.10 Å². The van der Waals surface area contributed by atoms with E-state index in [9.17, 15) is 14.3 Å². The average molecular weight is 437 g/mol. The van der Waals surface area contributed by atoms with Crippen LogP contribution in [0.15, 0.2) is 60.9 Å². The molecule has 3 heterocycles. The monoisotopic (exact) mass is 437 g/mol. The number of rotatable bonds is 8. The number of nitrogens with zero attached hydrogens (tertiary/aromatic N) is 4. The van der Waals surface area contributed by atoms with Crippen molar-refractivity contribution >= 4 is 17.4 Å². The van der Waals surface area contributed by atoms with Crippen LogP contribution in [0.3, 0.4) is 0 Å². The van der Waals surface area contributed by atoms with Gasteiger partial charge in [-0.3, -0.25) is 4.79 Å². The van der Waals surface area contributed by atoms with Crippen LogP contribution in [-0.4, -0.2) is 57.0 Å². The van der Waals surface area contributed by atoms with Crippen LogP contribution < -0.4 is 10.1 Å². The van der Waals surface area contributed by atoms with Crippen molar-refractivity contribution in [3.8, 4) is 17.0 Å². The predicted octanol–water partition coefficient (Wildman–Crippen LogP) is 2.57. The van der Waals surface area contributed by atoms with Crippen LogP contribution in [0.4, 0.5) is 10.2 Å². The number of aromatic nitrogens is 4. The number of pyridine rings is 1. The molecule has 2 N–H and O–H groups in total. The fraction of sp³-hybridized carbons (Fsp3) is 0.182. The molecule has 0 aliphatic heterocycles. The van der Waals surface area contributed by atoms with Gasteiger partial charge in [-0.05, 0) is 36.4 Å². The Bertz CT molecular complexity index is 1230. The topological polar surface area (TPSA) is 111 Å². The van der Waals surface area contributed by atoms with Crippen molar-refractivity contribution < 1.29 is 23.8 Å². The molecule has 0 aliphatic carbocycles. The lowest BCUT2D eigenvalue weighted by Gasteiger charge is -2.12. The quantitative estimate of drug-likeness (QED) is 0.436. The molecule has 4 rings (SSSR count). The van der Waals surface area contributed by atoms with Crippen molar-refractivity contribution in [1.82, 2.24) is 19.6 Å². The zero-order chi connectivity index (χ0) is 22.5. The number of anilines is 1. The molecule has 0 bridgehead atoms. The number of ether oxygens (including phenoxy) is 2. The molecule has 0 saturated carbocycles. The highest BCUT2D eigenvalue weighted by atomic mass is 19.1. The summed E-state index contributed by atoms with van der Waals surface area (Å²) in [4.78, 5) is 20.7. The third kappa shape index (κ3) is 4.88. The Balaban J connectivity index is 1.56. The number of carbonyl (C=O) groups excluding carboxylic acids is 1.